The number of aromatic hydroxyl groups is 1. The van der Waals surface area contributed by atoms with Crippen LogP contribution in [0, 0.1) is 0 Å². The molecule has 124 valence electrons. The first kappa shape index (κ1) is 18.6. The van der Waals surface area contributed by atoms with Crippen molar-refractivity contribution in [2.45, 2.75) is 25.8 Å². The molecule has 0 amide bonds. The molecule has 0 aliphatic heterocycles. The van der Waals surface area contributed by atoms with Crippen molar-refractivity contribution in [3.8, 4) is 11.5 Å². The summed E-state index contributed by atoms with van der Waals surface area (Å²) in [5.41, 5.74) is 2.09. The normalized spacial score (nSPS) is 14.4. The van der Waals surface area contributed by atoms with Crippen LogP contribution >= 0.6 is 7.82 Å². The van der Waals surface area contributed by atoms with Crippen LogP contribution in [0.4, 0.5) is 0 Å². The Kier molecular flexibility index (Phi) is 6.07. The van der Waals surface area contributed by atoms with E-state index in [1.807, 2.05) is 0 Å². The summed E-state index contributed by atoms with van der Waals surface area (Å²) in [5, 5.41) is 9.82. The molecule has 0 radical (unpaired) electrons. The average Bonchev–Trinajstić information content (AvgIpc) is 2.39. The smallest absolute Gasteiger partial charge is 0.472 e. The van der Waals surface area contributed by atoms with Gasteiger partial charge in [0.25, 0.3) is 0 Å². The number of phosphoric ester groups is 1. The molecule has 0 unspecified atom stereocenters. The number of carbonyl (C=O) groups excluding carboxylic acids is 1. The van der Waals surface area contributed by atoms with Crippen molar-refractivity contribution in [2.24, 2.45) is 5.84 Å². The summed E-state index contributed by atoms with van der Waals surface area (Å²) < 4.78 is 19.5. The Labute approximate surface area is 127 Å². The summed E-state index contributed by atoms with van der Waals surface area (Å²) in [6.45, 7) is 2.31. The third kappa shape index (κ3) is 5.38. The first-order chi connectivity index (χ1) is 10.1. The van der Waals surface area contributed by atoms with Gasteiger partial charge >= 0.3 is 7.82 Å². The first-order valence-corrected chi connectivity index (χ1v) is 7.74. The van der Waals surface area contributed by atoms with Gasteiger partial charge in [-0.3, -0.25) is 10.6 Å². The molecule has 0 saturated heterocycles. The van der Waals surface area contributed by atoms with Gasteiger partial charge in [-0.25, -0.2) is 14.5 Å². The second-order valence-corrected chi connectivity index (χ2v) is 6.13. The number of rotatable bonds is 8. The topological polar surface area (TPSA) is 151 Å². The van der Waals surface area contributed by atoms with E-state index in [2.05, 4.69) is 9.95 Å². The Morgan fingerprint density at radius 3 is 2.55 bits per heavy atom. The van der Waals surface area contributed by atoms with Crippen molar-refractivity contribution in [1.29, 1.82) is 0 Å². The Balaban J connectivity index is 2.77. The molecule has 0 spiro atoms. The second kappa shape index (κ2) is 7.19. The van der Waals surface area contributed by atoms with Crippen molar-refractivity contribution < 1.29 is 33.5 Å². The van der Waals surface area contributed by atoms with E-state index in [-0.39, 0.29) is 23.7 Å². The second-order valence-electron chi connectivity index (χ2n) is 4.89. The predicted octanol–water partition coefficient (Wildman–Crippen LogP) is 0.191. The van der Waals surface area contributed by atoms with Crippen LogP contribution in [-0.2, 0) is 20.3 Å². The molecule has 1 rings (SSSR count). The molecule has 1 aromatic carbocycles. The number of phenolic OH excluding ortho intramolecular Hbond substituents is 1. The average molecular weight is 334 g/mol. The summed E-state index contributed by atoms with van der Waals surface area (Å²) in [4.78, 5) is 28.6. The number of hydrazine groups is 1. The van der Waals surface area contributed by atoms with E-state index in [0.717, 1.165) is 0 Å². The fourth-order valence-electron chi connectivity index (χ4n) is 1.64. The molecule has 6 N–H and O–H groups in total. The lowest BCUT2D eigenvalue weighted by Crippen LogP contribution is -2.53. The fourth-order valence-corrected chi connectivity index (χ4v) is 1.83. The van der Waals surface area contributed by atoms with Gasteiger partial charge in [0, 0.05) is 0 Å². The highest BCUT2D eigenvalue weighted by Gasteiger charge is 2.28. The highest BCUT2D eigenvalue weighted by molar-refractivity contribution is 7.46. The molecule has 10 heteroatoms. The molecule has 22 heavy (non-hydrogen) atoms. The minimum Gasteiger partial charge on any atom is -0.504 e. The molecule has 1 aromatic rings. The maximum absolute atomic E-state index is 11.6. The molecule has 0 fully saturated rings. The third-order valence-electron chi connectivity index (χ3n) is 3.11. The molecule has 0 saturated carbocycles. The molecular weight excluding hydrogens is 315 g/mol. The highest BCUT2D eigenvalue weighted by Crippen LogP contribution is 2.36. The molecule has 0 bridgehead atoms. The van der Waals surface area contributed by atoms with Gasteiger partial charge in [-0.1, -0.05) is 6.07 Å². The number of ether oxygens (including phenoxy) is 1. The van der Waals surface area contributed by atoms with Crippen LogP contribution in [-0.4, -0.2) is 33.0 Å². The number of ketones is 1. The van der Waals surface area contributed by atoms with Gasteiger partial charge < -0.3 is 19.6 Å². The zero-order chi connectivity index (χ0) is 17.0. The van der Waals surface area contributed by atoms with E-state index in [9.17, 15) is 14.5 Å². The summed E-state index contributed by atoms with van der Waals surface area (Å²) in [5.74, 6) is 4.95. The van der Waals surface area contributed by atoms with E-state index in [0.29, 0.717) is 5.56 Å². The predicted molar refractivity (Wildman–Crippen MR) is 76.8 cm³/mol. The van der Waals surface area contributed by atoms with Gasteiger partial charge in [-0.2, -0.15) is 0 Å². The van der Waals surface area contributed by atoms with Crippen molar-refractivity contribution >= 4 is 13.6 Å². The van der Waals surface area contributed by atoms with Crippen molar-refractivity contribution in [3.05, 3.63) is 23.8 Å². The lowest BCUT2D eigenvalue weighted by Gasteiger charge is -2.25. The molecule has 9 nitrogen and oxygen atoms in total. The zero-order valence-electron chi connectivity index (χ0n) is 12.1. The number of carbonyl (C=O) groups is 1. The SMILES string of the molecule is CC(=O)[C@](C)(Cc1ccc(OCOP(=O)(O)O)c(O)c1)NN. The van der Waals surface area contributed by atoms with E-state index < -0.39 is 20.2 Å². The third-order valence-corrected chi connectivity index (χ3v) is 3.55. The summed E-state index contributed by atoms with van der Waals surface area (Å²) >= 11 is 0. The van der Waals surface area contributed by atoms with Crippen molar-refractivity contribution in [2.75, 3.05) is 6.79 Å². The number of nitrogens with two attached hydrogens (primary N) is 1. The molecule has 1 atom stereocenters. The number of phosphoric acid groups is 1. The lowest BCUT2D eigenvalue weighted by molar-refractivity contribution is -0.122. The van der Waals surface area contributed by atoms with Gasteiger partial charge in [-0.05, 0) is 38.0 Å². The zero-order valence-corrected chi connectivity index (χ0v) is 13.0. The lowest BCUT2D eigenvalue weighted by atomic mass is 9.90. The molecule has 0 heterocycles. The quantitative estimate of drug-likeness (QED) is 0.194. The van der Waals surface area contributed by atoms with Gasteiger partial charge in [0.15, 0.2) is 17.3 Å². The maximum atomic E-state index is 11.6. The van der Waals surface area contributed by atoms with E-state index >= 15 is 0 Å². The number of hydrogen-bond donors (Lipinski definition) is 5. The first-order valence-electron chi connectivity index (χ1n) is 6.21. The van der Waals surface area contributed by atoms with Crippen LogP contribution in [0.3, 0.4) is 0 Å². The maximum Gasteiger partial charge on any atom is 0.472 e. The summed E-state index contributed by atoms with van der Waals surface area (Å²) in [7, 11) is -4.64. The van der Waals surface area contributed by atoms with Crippen LogP contribution < -0.4 is 16.0 Å². The molecule has 0 aliphatic rings. The molecule has 0 aromatic heterocycles. The number of benzene rings is 1. The highest BCUT2D eigenvalue weighted by atomic mass is 31.2. The van der Waals surface area contributed by atoms with Gasteiger partial charge in [0.05, 0.1) is 5.54 Å². The van der Waals surface area contributed by atoms with E-state index in [1.54, 1.807) is 13.0 Å². The Morgan fingerprint density at radius 2 is 2.09 bits per heavy atom. The van der Waals surface area contributed by atoms with Crippen LogP contribution in [0.15, 0.2) is 18.2 Å². The number of Topliss-reactive ketones (excluding diaryl/α,β-unsaturated/α-hetero) is 1. The molecule has 0 aliphatic carbocycles. The largest absolute Gasteiger partial charge is 0.504 e. The Morgan fingerprint density at radius 1 is 1.45 bits per heavy atom. The molecular formula is C12H19N2O7P. The van der Waals surface area contributed by atoms with Crippen LogP contribution in [0.2, 0.25) is 0 Å². The van der Waals surface area contributed by atoms with Gasteiger partial charge in [0.2, 0.25) is 6.79 Å². The minimum atomic E-state index is -4.64. The summed E-state index contributed by atoms with van der Waals surface area (Å²) in [6.07, 6.45) is 0.242. The number of nitrogens with one attached hydrogen (secondary N) is 1. The van der Waals surface area contributed by atoms with Crippen LogP contribution in [0.1, 0.15) is 19.4 Å². The van der Waals surface area contributed by atoms with E-state index in [1.165, 1.54) is 19.1 Å². The van der Waals surface area contributed by atoms with Gasteiger partial charge in [-0.15, -0.1) is 0 Å². The van der Waals surface area contributed by atoms with Crippen LogP contribution in [0.5, 0.6) is 11.5 Å². The van der Waals surface area contributed by atoms with Gasteiger partial charge in [0.1, 0.15) is 0 Å². The monoisotopic (exact) mass is 334 g/mol. The number of hydrogen-bond acceptors (Lipinski definition) is 7. The summed E-state index contributed by atoms with van der Waals surface area (Å²) in [6, 6.07) is 4.35. The fraction of sp³-hybridized carbons (Fsp3) is 0.417. The van der Waals surface area contributed by atoms with Crippen LogP contribution in [0.25, 0.3) is 0 Å². The minimum absolute atomic E-state index is 0.0116. The van der Waals surface area contributed by atoms with Crippen molar-refractivity contribution in [3.63, 3.8) is 0 Å². The Bertz CT molecular complexity index is 589. The Hall–Kier alpha value is -1.48. The standard InChI is InChI=1S/C12H19N2O7P/c1-8(15)12(2,14-13)6-9-3-4-11(10(16)5-9)20-7-21-22(17,18)19/h3-5,14,16H,6-7,13H2,1-2H3,(H2,17,18,19)/t12-/m0/s1. The van der Waals surface area contributed by atoms with E-state index in [4.69, 9.17) is 20.4 Å². The number of phenols is 1. The van der Waals surface area contributed by atoms with Crippen molar-refractivity contribution in [1.82, 2.24) is 5.43 Å².